The number of aromatic nitrogens is 2. The van der Waals surface area contributed by atoms with E-state index in [0.29, 0.717) is 44.4 Å². The maximum Gasteiger partial charge on any atom is 0.257 e. The zero-order valence-corrected chi connectivity index (χ0v) is 11.7. The third-order valence-electron chi connectivity index (χ3n) is 3.01. The van der Waals surface area contributed by atoms with Gasteiger partial charge in [-0.2, -0.15) is 0 Å². The molecule has 0 unspecified atom stereocenters. The van der Waals surface area contributed by atoms with Crippen LogP contribution < -0.4 is 5.32 Å². The molecule has 0 bridgehead atoms. The highest BCUT2D eigenvalue weighted by Gasteiger charge is 2.18. The van der Waals surface area contributed by atoms with Gasteiger partial charge in [0.1, 0.15) is 0 Å². The molecule has 0 saturated carbocycles. The summed E-state index contributed by atoms with van der Waals surface area (Å²) in [6.07, 6.45) is 4.00. The molecule has 110 valence electrons. The van der Waals surface area contributed by atoms with E-state index < -0.39 is 0 Å². The summed E-state index contributed by atoms with van der Waals surface area (Å²) in [5.41, 5.74) is 0.509. The second kappa shape index (κ2) is 7.76. The van der Waals surface area contributed by atoms with Crippen molar-refractivity contribution in [2.24, 2.45) is 0 Å². The first-order chi connectivity index (χ1) is 9.81. The van der Waals surface area contributed by atoms with Crippen molar-refractivity contribution < 1.29 is 14.3 Å². The summed E-state index contributed by atoms with van der Waals surface area (Å²) in [6.45, 7) is 3.86. The SMILES string of the molecule is COCCCNc1ncc(C(=O)N2CCOCC2)cn1. The van der Waals surface area contributed by atoms with Crippen LogP contribution in [0.5, 0.6) is 0 Å². The van der Waals surface area contributed by atoms with Gasteiger partial charge in [0.25, 0.3) is 5.91 Å². The summed E-state index contributed by atoms with van der Waals surface area (Å²) in [6, 6.07) is 0. The van der Waals surface area contributed by atoms with Crippen molar-refractivity contribution in [2.45, 2.75) is 6.42 Å². The molecule has 1 aliphatic rings. The van der Waals surface area contributed by atoms with E-state index in [2.05, 4.69) is 15.3 Å². The summed E-state index contributed by atoms with van der Waals surface area (Å²) in [5, 5.41) is 3.08. The minimum absolute atomic E-state index is 0.0424. The molecule has 7 nitrogen and oxygen atoms in total. The highest BCUT2D eigenvalue weighted by atomic mass is 16.5. The molecule has 0 aromatic carbocycles. The zero-order chi connectivity index (χ0) is 14.2. The Hall–Kier alpha value is -1.73. The fourth-order valence-electron chi connectivity index (χ4n) is 1.90. The number of nitrogens with one attached hydrogen (secondary N) is 1. The molecule has 1 aromatic heterocycles. The Morgan fingerprint density at radius 3 is 2.75 bits per heavy atom. The fraction of sp³-hybridized carbons (Fsp3) is 0.615. The molecular formula is C13H20N4O3. The summed E-state index contributed by atoms with van der Waals surface area (Å²) in [4.78, 5) is 22.2. The molecule has 1 saturated heterocycles. The van der Waals surface area contributed by atoms with Gasteiger partial charge >= 0.3 is 0 Å². The van der Waals surface area contributed by atoms with Crippen molar-refractivity contribution in [3.8, 4) is 0 Å². The highest BCUT2D eigenvalue weighted by molar-refractivity contribution is 5.93. The molecule has 1 aliphatic heterocycles. The summed E-state index contributed by atoms with van der Waals surface area (Å²) in [5.74, 6) is 0.485. The van der Waals surface area contributed by atoms with E-state index >= 15 is 0 Å². The van der Waals surface area contributed by atoms with E-state index in [1.54, 1.807) is 24.4 Å². The number of morpholine rings is 1. The minimum Gasteiger partial charge on any atom is -0.385 e. The van der Waals surface area contributed by atoms with E-state index in [0.717, 1.165) is 13.0 Å². The van der Waals surface area contributed by atoms with Crippen molar-refractivity contribution in [2.75, 3.05) is 51.9 Å². The topological polar surface area (TPSA) is 76.6 Å². The van der Waals surface area contributed by atoms with Crippen LogP contribution in [0.1, 0.15) is 16.8 Å². The normalized spacial score (nSPS) is 15.2. The lowest BCUT2D eigenvalue weighted by Crippen LogP contribution is -2.40. The van der Waals surface area contributed by atoms with Crippen LogP contribution in [0, 0.1) is 0 Å². The smallest absolute Gasteiger partial charge is 0.257 e. The zero-order valence-electron chi connectivity index (χ0n) is 11.7. The van der Waals surface area contributed by atoms with Gasteiger partial charge in [0.05, 0.1) is 18.8 Å². The molecule has 0 atom stereocenters. The Morgan fingerprint density at radius 2 is 2.10 bits per heavy atom. The second-order valence-electron chi connectivity index (χ2n) is 4.47. The summed E-state index contributed by atoms with van der Waals surface area (Å²) in [7, 11) is 1.67. The van der Waals surface area contributed by atoms with E-state index in [1.165, 1.54) is 0 Å². The van der Waals surface area contributed by atoms with E-state index in [4.69, 9.17) is 9.47 Å². The Labute approximate surface area is 118 Å². The highest BCUT2D eigenvalue weighted by Crippen LogP contribution is 2.07. The number of amides is 1. The lowest BCUT2D eigenvalue weighted by molar-refractivity contribution is 0.0302. The molecule has 7 heteroatoms. The van der Waals surface area contributed by atoms with Crippen LogP contribution in [0.25, 0.3) is 0 Å². The van der Waals surface area contributed by atoms with Gasteiger partial charge in [0, 0.05) is 45.7 Å². The number of hydrogen-bond acceptors (Lipinski definition) is 6. The van der Waals surface area contributed by atoms with E-state index in [-0.39, 0.29) is 5.91 Å². The largest absolute Gasteiger partial charge is 0.385 e. The van der Waals surface area contributed by atoms with Crippen LogP contribution in [0.15, 0.2) is 12.4 Å². The number of nitrogens with zero attached hydrogens (tertiary/aromatic N) is 3. The van der Waals surface area contributed by atoms with Gasteiger partial charge < -0.3 is 19.7 Å². The van der Waals surface area contributed by atoms with Crippen molar-refractivity contribution in [1.82, 2.24) is 14.9 Å². The maximum absolute atomic E-state index is 12.2. The van der Waals surface area contributed by atoms with Crippen LogP contribution in [0.2, 0.25) is 0 Å². The van der Waals surface area contributed by atoms with Crippen LogP contribution in [-0.2, 0) is 9.47 Å². The van der Waals surface area contributed by atoms with Gasteiger partial charge in [-0.05, 0) is 6.42 Å². The molecule has 20 heavy (non-hydrogen) atoms. The first-order valence-electron chi connectivity index (χ1n) is 6.73. The predicted octanol–water partition coefficient (Wildman–Crippen LogP) is 0.397. The summed E-state index contributed by atoms with van der Waals surface area (Å²) < 4.78 is 10.2. The maximum atomic E-state index is 12.2. The first-order valence-corrected chi connectivity index (χ1v) is 6.73. The van der Waals surface area contributed by atoms with Crippen molar-refractivity contribution in [3.05, 3.63) is 18.0 Å². The molecular weight excluding hydrogens is 260 g/mol. The standard InChI is InChI=1S/C13H20N4O3/c1-19-6-2-3-14-13-15-9-11(10-16-13)12(18)17-4-7-20-8-5-17/h9-10H,2-8H2,1H3,(H,14,15,16). The molecule has 0 spiro atoms. The quantitative estimate of drug-likeness (QED) is 0.760. The van der Waals surface area contributed by atoms with Gasteiger partial charge in [-0.15, -0.1) is 0 Å². The van der Waals surface area contributed by atoms with Gasteiger partial charge in [-0.1, -0.05) is 0 Å². The van der Waals surface area contributed by atoms with Crippen molar-refractivity contribution >= 4 is 11.9 Å². The second-order valence-corrected chi connectivity index (χ2v) is 4.47. The van der Waals surface area contributed by atoms with Gasteiger partial charge in [0.15, 0.2) is 0 Å². The Morgan fingerprint density at radius 1 is 1.40 bits per heavy atom. The van der Waals surface area contributed by atoms with E-state index in [9.17, 15) is 4.79 Å². The fourth-order valence-corrected chi connectivity index (χ4v) is 1.90. The third kappa shape index (κ3) is 4.14. The number of ether oxygens (including phenoxy) is 2. The van der Waals surface area contributed by atoms with Gasteiger partial charge in [-0.3, -0.25) is 4.79 Å². The molecule has 0 radical (unpaired) electrons. The molecule has 1 N–H and O–H groups in total. The monoisotopic (exact) mass is 280 g/mol. The first kappa shape index (κ1) is 14.7. The van der Waals surface area contributed by atoms with Crippen LogP contribution in [0.4, 0.5) is 5.95 Å². The third-order valence-corrected chi connectivity index (χ3v) is 3.01. The van der Waals surface area contributed by atoms with Crippen LogP contribution >= 0.6 is 0 Å². The average molecular weight is 280 g/mol. The molecule has 0 aliphatic carbocycles. The number of hydrogen-bond donors (Lipinski definition) is 1. The molecule has 1 fully saturated rings. The number of carbonyl (C=O) groups is 1. The summed E-state index contributed by atoms with van der Waals surface area (Å²) >= 11 is 0. The molecule has 2 rings (SSSR count). The van der Waals surface area contributed by atoms with E-state index in [1.807, 2.05) is 0 Å². The van der Waals surface area contributed by atoms with Crippen LogP contribution in [0.3, 0.4) is 0 Å². The number of carbonyl (C=O) groups excluding carboxylic acids is 1. The van der Waals surface area contributed by atoms with Crippen molar-refractivity contribution in [3.63, 3.8) is 0 Å². The van der Waals surface area contributed by atoms with Crippen LogP contribution in [-0.4, -0.2) is 67.3 Å². The molecule has 1 amide bonds. The lowest BCUT2D eigenvalue weighted by Gasteiger charge is -2.26. The molecule has 2 heterocycles. The van der Waals surface area contributed by atoms with Crippen molar-refractivity contribution in [1.29, 1.82) is 0 Å². The number of methoxy groups -OCH3 is 1. The number of rotatable bonds is 6. The predicted molar refractivity (Wildman–Crippen MR) is 73.7 cm³/mol. The number of anilines is 1. The average Bonchev–Trinajstić information content (AvgIpc) is 2.52. The van der Waals surface area contributed by atoms with Gasteiger partial charge in [-0.25, -0.2) is 9.97 Å². The Bertz CT molecular complexity index is 418. The lowest BCUT2D eigenvalue weighted by atomic mass is 10.3. The van der Waals surface area contributed by atoms with Gasteiger partial charge in [0.2, 0.25) is 5.95 Å². The Balaban J connectivity index is 1.85. The minimum atomic E-state index is -0.0424. The molecule has 1 aromatic rings. The Kier molecular flexibility index (Phi) is 5.69.